The molecule has 5 nitrogen and oxygen atoms in total. The quantitative estimate of drug-likeness (QED) is 0.662. The third-order valence-electron chi connectivity index (χ3n) is 2.88. The van der Waals surface area contributed by atoms with Crippen LogP contribution in [-0.2, 0) is 18.1 Å². The second-order valence-corrected chi connectivity index (χ2v) is 5.99. The fourth-order valence-electron chi connectivity index (χ4n) is 1.85. The molecule has 1 rings (SSSR count). The van der Waals surface area contributed by atoms with Gasteiger partial charge in [0.05, 0.1) is 19.8 Å². The lowest BCUT2D eigenvalue weighted by molar-refractivity contribution is 0.0904. The Morgan fingerprint density at radius 1 is 1.12 bits per heavy atom. The van der Waals surface area contributed by atoms with Gasteiger partial charge in [0.1, 0.15) is 0 Å². The summed E-state index contributed by atoms with van der Waals surface area (Å²) in [6, 6.07) is 0. The molecule has 0 spiro atoms. The average molecular weight is 265 g/mol. The summed E-state index contributed by atoms with van der Waals surface area (Å²) in [6.07, 6.45) is 2.16. The van der Waals surface area contributed by atoms with E-state index in [0.29, 0.717) is 25.7 Å². The summed E-state index contributed by atoms with van der Waals surface area (Å²) in [6.45, 7) is 6.85. The molecule has 6 heteroatoms. The lowest BCUT2D eigenvalue weighted by Gasteiger charge is -2.29. The molecule has 1 aliphatic heterocycles. The van der Waals surface area contributed by atoms with E-state index >= 15 is 0 Å². The van der Waals surface area contributed by atoms with Crippen molar-refractivity contribution >= 4 is 7.82 Å². The summed E-state index contributed by atoms with van der Waals surface area (Å²) in [7, 11) is -1.20. The van der Waals surface area contributed by atoms with Gasteiger partial charge in [-0.05, 0) is 52.7 Å². The van der Waals surface area contributed by atoms with Gasteiger partial charge in [0.2, 0.25) is 0 Å². The number of hydrogen-bond acceptors (Lipinski definition) is 5. The molecule has 1 aliphatic rings. The summed E-state index contributed by atoms with van der Waals surface area (Å²) in [4.78, 5) is 2.29. The molecule has 0 saturated carbocycles. The molecule has 0 amide bonds. The zero-order valence-electron chi connectivity index (χ0n) is 11.1. The van der Waals surface area contributed by atoms with Crippen LogP contribution in [0.2, 0.25) is 0 Å². The molecule has 0 unspecified atom stereocenters. The maximum atomic E-state index is 12.0. The number of piperidine rings is 1. The highest BCUT2D eigenvalue weighted by molar-refractivity contribution is 7.48. The van der Waals surface area contributed by atoms with E-state index in [9.17, 15) is 4.57 Å². The minimum Gasteiger partial charge on any atom is -0.306 e. The van der Waals surface area contributed by atoms with Crippen LogP contribution in [0.4, 0.5) is 0 Å². The van der Waals surface area contributed by atoms with Gasteiger partial charge < -0.3 is 4.90 Å². The summed E-state index contributed by atoms with van der Waals surface area (Å²) in [5.74, 6) is 0.459. The topological polar surface area (TPSA) is 48.0 Å². The molecular weight excluding hydrogens is 241 g/mol. The van der Waals surface area contributed by atoms with Crippen LogP contribution in [-0.4, -0.2) is 44.9 Å². The van der Waals surface area contributed by atoms with Crippen LogP contribution in [0.25, 0.3) is 0 Å². The Balaban J connectivity index is 2.33. The Morgan fingerprint density at radius 3 is 2.12 bits per heavy atom. The smallest absolute Gasteiger partial charge is 0.306 e. The van der Waals surface area contributed by atoms with Crippen molar-refractivity contribution in [2.45, 2.75) is 26.7 Å². The SMILES string of the molecule is CCOP(=O)(OCC)OCC1CCN(C)CC1. The van der Waals surface area contributed by atoms with Gasteiger partial charge in [0.25, 0.3) is 0 Å². The van der Waals surface area contributed by atoms with Crippen LogP contribution in [0.3, 0.4) is 0 Å². The predicted molar refractivity (Wildman–Crippen MR) is 67.0 cm³/mol. The third-order valence-corrected chi connectivity index (χ3v) is 4.50. The molecule has 0 aliphatic carbocycles. The highest BCUT2D eigenvalue weighted by Gasteiger charge is 2.27. The number of nitrogens with zero attached hydrogens (tertiary/aromatic N) is 1. The number of rotatable bonds is 7. The molecule has 0 radical (unpaired) electrons. The van der Waals surface area contributed by atoms with Crippen molar-refractivity contribution in [1.29, 1.82) is 0 Å². The van der Waals surface area contributed by atoms with E-state index in [2.05, 4.69) is 11.9 Å². The van der Waals surface area contributed by atoms with Crippen molar-refractivity contribution in [3.63, 3.8) is 0 Å². The van der Waals surface area contributed by atoms with Gasteiger partial charge in [0.15, 0.2) is 0 Å². The summed E-state index contributed by atoms with van der Waals surface area (Å²) in [5.41, 5.74) is 0. The lowest BCUT2D eigenvalue weighted by atomic mass is 9.98. The molecule has 0 bridgehead atoms. The van der Waals surface area contributed by atoms with Crippen LogP contribution < -0.4 is 0 Å². The van der Waals surface area contributed by atoms with Gasteiger partial charge in [0, 0.05) is 0 Å². The van der Waals surface area contributed by atoms with Crippen molar-refractivity contribution in [3.05, 3.63) is 0 Å². The van der Waals surface area contributed by atoms with Gasteiger partial charge in [-0.15, -0.1) is 0 Å². The average Bonchev–Trinajstić information content (AvgIpc) is 2.29. The van der Waals surface area contributed by atoms with Gasteiger partial charge >= 0.3 is 7.82 Å². The Kier molecular flexibility index (Phi) is 6.67. The highest BCUT2D eigenvalue weighted by Crippen LogP contribution is 2.49. The normalized spacial score (nSPS) is 19.7. The summed E-state index contributed by atoms with van der Waals surface area (Å²) >= 11 is 0. The van der Waals surface area contributed by atoms with Gasteiger partial charge in [-0.25, -0.2) is 4.57 Å². The minimum atomic E-state index is -3.31. The van der Waals surface area contributed by atoms with Crippen molar-refractivity contribution in [1.82, 2.24) is 4.90 Å². The lowest BCUT2D eigenvalue weighted by Crippen LogP contribution is -2.31. The molecule has 1 saturated heterocycles. The minimum absolute atomic E-state index is 0.338. The van der Waals surface area contributed by atoms with E-state index in [-0.39, 0.29) is 0 Å². The highest BCUT2D eigenvalue weighted by atomic mass is 31.2. The Labute approximate surface area is 104 Å². The molecule has 0 N–H and O–H groups in total. The van der Waals surface area contributed by atoms with E-state index in [4.69, 9.17) is 13.6 Å². The Hall–Kier alpha value is 0.0700. The number of phosphoric acid groups is 1. The van der Waals surface area contributed by atoms with E-state index in [1.54, 1.807) is 13.8 Å². The standard InChI is InChI=1S/C11H24NO4P/c1-4-14-17(13,15-5-2)16-10-11-6-8-12(3)9-7-11/h11H,4-10H2,1-3H3. The molecular formula is C11H24NO4P. The Bertz CT molecular complexity index is 244. The van der Waals surface area contributed by atoms with Crippen LogP contribution in [0.15, 0.2) is 0 Å². The van der Waals surface area contributed by atoms with Crippen LogP contribution >= 0.6 is 7.82 Å². The molecule has 1 fully saturated rings. The predicted octanol–water partition coefficient (Wildman–Crippen LogP) is 2.53. The first-order chi connectivity index (χ1) is 8.09. The molecule has 0 aromatic carbocycles. The summed E-state index contributed by atoms with van der Waals surface area (Å²) in [5, 5.41) is 0. The molecule has 0 aromatic heterocycles. The van der Waals surface area contributed by atoms with Crippen LogP contribution in [0, 0.1) is 5.92 Å². The summed E-state index contributed by atoms with van der Waals surface area (Å²) < 4.78 is 27.6. The van der Waals surface area contributed by atoms with Crippen LogP contribution in [0.1, 0.15) is 26.7 Å². The largest absolute Gasteiger partial charge is 0.474 e. The first-order valence-electron chi connectivity index (χ1n) is 6.31. The van der Waals surface area contributed by atoms with E-state index in [1.807, 2.05) is 0 Å². The Morgan fingerprint density at radius 2 is 1.65 bits per heavy atom. The van der Waals surface area contributed by atoms with Crippen molar-refractivity contribution < 1.29 is 18.1 Å². The van der Waals surface area contributed by atoms with Gasteiger partial charge in [-0.3, -0.25) is 13.6 Å². The zero-order chi connectivity index (χ0) is 12.7. The number of hydrogen-bond donors (Lipinski definition) is 0. The molecule has 0 aromatic rings. The maximum absolute atomic E-state index is 12.0. The first-order valence-corrected chi connectivity index (χ1v) is 7.78. The van der Waals surface area contributed by atoms with E-state index in [1.165, 1.54) is 0 Å². The number of phosphoric ester groups is 1. The van der Waals surface area contributed by atoms with Gasteiger partial charge in [-0.1, -0.05) is 0 Å². The van der Waals surface area contributed by atoms with Gasteiger partial charge in [-0.2, -0.15) is 0 Å². The monoisotopic (exact) mass is 265 g/mol. The second-order valence-electron chi connectivity index (χ2n) is 4.33. The first kappa shape index (κ1) is 15.1. The van der Waals surface area contributed by atoms with Crippen molar-refractivity contribution in [3.8, 4) is 0 Å². The maximum Gasteiger partial charge on any atom is 0.474 e. The van der Waals surface area contributed by atoms with Crippen molar-refractivity contribution in [2.75, 3.05) is 40.0 Å². The number of likely N-dealkylation sites (tertiary alicyclic amines) is 1. The molecule has 0 atom stereocenters. The van der Waals surface area contributed by atoms with E-state index in [0.717, 1.165) is 25.9 Å². The zero-order valence-corrected chi connectivity index (χ0v) is 11.9. The second kappa shape index (κ2) is 7.49. The van der Waals surface area contributed by atoms with E-state index < -0.39 is 7.82 Å². The molecule has 102 valence electrons. The van der Waals surface area contributed by atoms with Crippen LogP contribution in [0.5, 0.6) is 0 Å². The third kappa shape index (κ3) is 5.49. The molecule has 1 heterocycles. The van der Waals surface area contributed by atoms with Crippen molar-refractivity contribution in [2.24, 2.45) is 5.92 Å². The fourth-order valence-corrected chi connectivity index (χ4v) is 3.10. The fraction of sp³-hybridized carbons (Fsp3) is 1.00. The molecule has 17 heavy (non-hydrogen) atoms.